The van der Waals surface area contributed by atoms with Gasteiger partial charge in [0.2, 0.25) is 15.9 Å². The predicted octanol–water partition coefficient (Wildman–Crippen LogP) is 6.70. The maximum atomic E-state index is 13.3. The molecule has 3 N–H and O–H groups in total. The Balaban J connectivity index is 1.44. The van der Waals surface area contributed by atoms with E-state index in [1.54, 1.807) is 31.2 Å². The molecular formula is C29H29Cl3N2O5S2. The summed E-state index contributed by atoms with van der Waals surface area (Å²) in [6.45, 7) is 1.68. The number of hydrogen-bond acceptors (Lipinski definition) is 5. The lowest BCUT2D eigenvalue weighted by Crippen LogP contribution is -2.54. The zero-order chi connectivity index (χ0) is 29.5. The van der Waals surface area contributed by atoms with Gasteiger partial charge in [-0.2, -0.15) is 0 Å². The number of halogens is 3. The van der Waals surface area contributed by atoms with Crippen LogP contribution < -0.4 is 10.0 Å². The second kappa shape index (κ2) is 11.9. The summed E-state index contributed by atoms with van der Waals surface area (Å²) in [6, 6.07) is 17.3. The van der Waals surface area contributed by atoms with Crippen molar-refractivity contribution >= 4 is 68.0 Å². The van der Waals surface area contributed by atoms with Crippen LogP contribution in [0, 0.1) is 11.3 Å². The van der Waals surface area contributed by atoms with Crippen molar-refractivity contribution in [1.29, 1.82) is 0 Å². The Hall–Kier alpha value is -2.14. The highest BCUT2D eigenvalue weighted by atomic mass is 35.5. The first-order valence-electron chi connectivity index (χ1n) is 13.2. The van der Waals surface area contributed by atoms with Gasteiger partial charge in [-0.1, -0.05) is 66.0 Å². The summed E-state index contributed by atoms with van der Waals surface area (Å²) in [4.78, 5) is 25.0. The van der Waals surface area contributed by atoms with Crippen LogP contribution in [-0.4, -0.2) is 37.5 Å². The first-order chi connectivity index (χ1) is 19.3. The Bertz CT molecular complexity index is 1560. The number of aliphatic carboxylic acids is 1. The monoisotopic (exact) mass is 654 g/mol. The fraction of sp³-hybridized carbons (Fsp3) is 0.379. The molecule has 2 heterocycles. The van der Waals surface area contributed by atoms with Crippen LogP contribution >= 0.6 is 46.1 Å². The molecular weight excluding hydrogens is 627 g/mol. The number of amides is 1. The highest BCUT2D eigenvalue weighted by Crippen LogP contribution is 2.50. The Morgan fingerprint density at radius 1 is 1.12 bits per heavy atom. The lowest BCUT2D eigenvalue weighted by atomic mass is 9.68. The van der Waals surface area contributed by atoms with E-state index >= 15 is 0 Å². The quantitative estimate of drug-likeness (QED) is 0.225. The first-order valence-corrected chi connectivity index (χ1v) is 16.6. The molecule has 1 saturated heterocycles. The summed E-state index contributed by atoms with van der Waals surface area (Å²) in [6.07, 6.45) is 1.19. The van der Waals surface area contributed by atoms with E-state index in [-0.39, 0.29) is 46.4 Å². The molecule has 1 aliphatic carbocycles. The predicted molar refractivity (Wildman–Crippen MR) is 161 cm³/mol. The second-order valence-electron chi connectivity index (χ2n) is 11.2. The molecule has 1 aliphatic heterocycles. The number of piperidine rings is 1. The molecule has 1 amide bonds. The van der Waals surface area contributed by atoms with Crippen LogP contribution in [0.1, 0.15) is 55.6 Å². The van der Waals surface area contributed by atoms with Crippen molar-refractivity contribution in [3.63, 3.8) is 0 Å². The minimum absolute atomic E-state index is 0.0226. The molecule has 2 fully saturated rings. The van der Waals surface area contributed by atoms with Gasteiger partial charge >= 0.3 is 5.97 Å². The highest BCUT2D eigenvalue weighted by Gasteiger charge is 2.50. The molecule has 1 aromatic heterocycles. The van der Waals surface area contributed by atoms with E-state index in [1.165, 1.54) is 6.07 Å². The Labute approximate surface area is 258 Å². The summed E-state index contributed by atoms with van der Waals surface area (Å²) in [5.74, 6) is -1.67. The van der Waals surface area contributed by atoms with Crippen LogP contribution in [0.3, 0.4) is 0 Å². The van der Waals surface area contributed by atoms with Crippen molar-refractivity contribution < 1.29 is 23.1 Å². The van der Waals surface area contributed by atoms with Crippen molar-refractivity contribution in [3.8, 4) is 0 Å². The summed E-state index contributed by atoms with van der Waals surface area (Å²) in [5.41, 5.74) is 0.806. The largest absolute Gasteiger partial charge is 0.481 e. The van der Waals surface area contributed by atoms with Crippen LogP contribution in [-0.2, 0) is 19.6 Å². The zero-order valence-electron chi connectivity index (χ0n) is 22.0. The van der Waals surface area contributed by atoms with E-state index in [0.29, 0.717) is 33.6 Å². The molecule has 0 bridgehead atoms. The van der Waals surface area contributed by atoms with E-state index in [4.69, 9.17) is 34.8 Å². The molecule has 0 spiro atoms. The van der Waals surface area contributed by atoms with Crippen LogP contribution in [0.2, 0.25) is 14.4 Å². The number of carbonyl (C=O) groups excluding carboxylic acids is 1. The number of sulfonamides is 1. The Morgan fingerprint density at radius 2 is 1.85 bits per heavy atom. The van der Waals surface area contributed by atoms with Crippen molar-refractivity contribution in [1.82, 2.24) is 10.0 Å². The third-order valence-electron chi connectivity index (χ3n) is 8.12. The van der Waals surface area contributed by atoms with Crippen LogP contribution in [0.4, 0.5) is 0 Å². The van der Waals surface area contributed by atoms with E-state index < -0.39 is 21.4 Å². The molecule has 12 heteroatoms. The summed E-state index contributed by atoms with van der Waals surface area (Å²) in [5, 5.41) is 13.8. The molecule has 218 valence electrons. The van der Waals surface area contributed by atoms with Gasteiger partial charge in [-0.3, -0.25) is 9.59 Å². The molecule has 5 rings (SSSR count). The van der Waals surface area contributed by atoms with Crippen molar-refractivity contribution in [3.05, 3.63) is 86.2 Å². The molecule has 7 nitrogen and oxygen atoms in total. The topological polar surface area (TPSA) is 113 Å². The summed E-state index contributed by atoms with van der Waals surface area (Å²) in [7, 11) is -3.74. The van der Waals surface area contributed by atoms with Gasteiger partial charge in [-0.05, 0) is 78.6 Å². The molecule has 6 unspecified atom stereocenters. The summed E-state index contributed by atoms with van der Waals surface area (Å²) < 4.78 is 29.4. The smallest absolute Gasteiger partial charge is 0.304 e. The van der Waals surface area contributed by atoms with Gasteiger partial charge in [0.15, 0.2) is 0 Å². The standard InChI is InChI=1S/C29H29Cl3N2O5S2/c1-29(15-26(35)36)14-22(17-3-2-4-19(31)11-17)23(33-28(29)37)12-20(16-5-7-18(30)8-6-16)21-13-24(21)34-41(38,39)27-10-9-25(32)40-27/h2-11,20-24,34H,12-15H2,1H3,(H,33,37)(H,35,36). The lowest BCUT2D eigenvalue weighted by molar-refractivity contribution is -0.147. The van der Waals surface area contributed by atoms with Gasteiger partial charge < -0.3 is 10.4 Å². The molecule has 1 saturated carbocycles. The summed E-state index contributed by atoms with van der Waals surface area (Å²) >= 11 is 19.5. The fourth-order valence-corrected chi connectivity index (χ4v) is 9.12. The number of benzene rings is 2. The van der Waals surface area contributed by atoms with Gasteiger partial charge in [0.05, 0.1) is 16.2 Å². The number of carboxylic acid groups (broad SMARTS) is 1. The molecule has 2 aromatic carbocycles. The lowest BCUT2D eigenvalue weighted by Gasteiger charge is -2.43. The van der Waals surface area contributed by atoms with Gasteiger partial charge in [-0.25, -0.2) is 13.1 Å². The average Bonchev–Trinajstić information content (AvgIpc) is 3.48. The van der Waals surface area contributed by atoms with E-state index in [0.717, 1.165) is 22.5 Å². The van der Waals surface area contributed by atoms with Gasteiger partial charge in [0, 0.05) is 28.0 Å². The second-order valence-corrected chi connectivity index (χ2v) is 15.7. The number of nitrogens with one attached hydrogen (secondary N) is 2. The number of carboxylic acids is 1. The SMILES string of the molecule is CC1(CC(=O)O)CC(c2cccc(Cl)c2)C(CC(c2ccc(Cl)cc2)C2CC2NS(=O)(=O)c2ccc(Cl)s2)NC1=O. The van der Waals surface area contributed by atoms with E-state index in [9.17, 15) is 23.1 Å². The first kappa shape index (κ1) is 30.3. The number of rotatable bonds is 10. The Kier molecular flexibility index (Phi) is 8.77. The third-order valence-corrected chi connectivity index (χ3v) is 11.8. The molecule has 0 radical (unpaired) electrons. The number of carbonyl (C=O) groups is 2. The van der Waals surface area contributed by atoms with Gasteiger partial charge in [0.1, 0.15) is 4.21 Å². The molecule has 41 heavy (non-hydrogen) atoms. The molecule has 2 aliphatic rings. The van der Waals surface area contributed by atoms with Gasteiger partial charge in [0.25, 0.3) is 0 Å². The molecule has 3 aromatic rings. The van der Waals surface area contributed by atoms with E-state index in [2.05, 4.69) is 10.0 Å². The van der Waals surface area contributed by atoms with Crippen LogP contribution in [0.15, 0.2) is 64.9 Å². The zero-order valence-corrected chi connectivity index (χ0v) is 25.9. The maximum Gasteiger partial charge on any atom is 0.304 e. The maximum absolute atomic E-state index is 13.3. The third kappa shape index (κ3) is 6.92. The fourth-order valence-electron chi connectivity index (χ4n) is 6.00. The van der Waals surface area contributed by atoms with Crippen LogP contribution in [0.5, 0.6) is 0 Å². The van der Waals surface area contributed by atoms with Crippen molar-refractivity contribution in [2.45, 2.75) is 60.7 Å². The molecule has 6 atom stereocenters. The van der Waals surface area contributed by atoms with Crippen molar-refractivity contribution in [2.75, 3.05) is 0 Å². The highest BCUT2D eigenvalue weighted by molar-refractivity contribution is 7.91. The number of hydrogen-bond donors (Lipinski definition) is 3. The normalized spacial score (nSPS) is 26.8. The number of thiophene rings is 1. The van der Waals surface area contributed by atoms with Gasteiger partial charge in [-0.15, -0.1) is 11.3 Å². The van der Waals surface area contributed by atoms with Crippen LogP contribution in [0.25, 0.3) is 0 Å². The average molecular weight is 656 g/mol. The van der Waals surface area contributed by atoms with Crippen molar-refractivity contribution in [2.24, 2.45) is 11.3 Å². The Morgan fingerprint density at radius 3 is 2.49 bits per heavy atom. The minimum Gasteiger partial charge on any atom is -0.481 e. The van der Waals surface area contributed by atoms with E-state index in [1.807, 2.05) is 30.3 Å². The minimum atomic E-state index is -3.74.